The number of aromatic nitrogens is 2. The average Bonchev–Trinajstić information content (AvgIpc) is 3.94. The molecule has 3 heterocycles. The van der Waals surface area contributed by atoms with Crippen molar-refractivity contribution in [2.45, 2.75) is 90.9 Å². The first-order valence-corrected chi connectivity index (χ1v) is 25.5. The van der Waals surface area contributed by atoms with Crippen molar-refractivity contribution >= 4 is 44.6 Å². The molecule has 374 valence electrons. The van der Waals surface area contributed by atoms with Gasteiger partial charge in [-0.15, -0.1) is 53.6 Å². The molecule has 6 heteroatoms. The van der Waals surface area contributed by atoms with Crippen molar-refractivity contribution in [3.05, 3.63) is 246 Å². The van der Waals surface area contributed by atoms with Gasteiger partial charge < -0.3 is 19.1 Å². The molecule has 0 fully saturated rings. The number of ether oxygens (including phenoxy) is 1. The van der Waals surface area contributed by atoms with Gasteiger partial charge in [0.15, 0.2) is 0 Å². The third-order valence-electron chi connectivity index (χ3n) is 15.1. The summed E-state index contributed by atoms with van der Waals surface area (Å²) in [6.07, 6.45) is 1.92. The summed E-state index contributed by atoms with van der Waals surface area (Å²) in [4.78, 5) is 9.61. The Hall–Kier alpha value is -7.20. The van der Waals surface area contributed by atoms with Crippen LogP contribution in [0.3, 0.4) is 0 Å². The molecule has 74 heavy (non-hydrogen) atoms. The average molecular weight is 1150 g/mol. The van der Waals surface area contributed by atoms with Gasteiger partial charge >= 0.3 is 0 Å². The predicted molar refractivity (Wildman–Crippen MR) is 304 cm³/mol. The van der Waals surface area contributed by atoms with E-state index in [1.54, 1.807) is 0 Å². The van der Waals surface area contributed by atoms with Gasteiger partial charge in [0.1, 0.15) is 5.82 Å². The molecule has 0 saturated heterocycles. The molecule has 0 atom stereocenters. The van der Waals surface area contributed by atoms with E-state index < -0.39 is 5.41 Å². The minimum absolute atomic E-state index is 0. The number of hydrogen-bond donors (Lipinski definition) is 0. The van der Waals surface area contributed by atoms with Gasteiger partial charge in [0.25, 0.3) is 0 Å². The Morgan fingerprint density at radius 1 is 0.446 bits per heavy atom. The van der Waals surface area contributed by atoms with E-state index in [0.717, 1.165) is 61.5 Å². The van der Waals surface area contributed by atoms with E-state index in [1.807, 2.05) is 12.3 Å². The van der Waals surface area contributed by atoms with Crippen LogP contribution >= 0.6 is 0 Å². The van der Waals surface area contributed by atoms with Gasteiger partial charge in [-0.25, -0.2) is 4.98 Å². The fraction of sp³-hybridized carbons (Fsp3) is 0.206. The van der Waals surface area contributed by atoms with Crippen LogP contribution in [-0.2, 0) is 42.7 Å². The molecular weight excluding hydrogens is 1080 g/mol. The van der Waals surface area contributed by atoms with E-state index >= 15 is 0 Å². The standard InChI is InChI=1S/C68H63N4O.Pt/c1-65(2,3)50-30-34-61-63(41-50)71(45-70(61)54-28-20-27-52(38-54)67(7,8)48-23-16-12-17-24-48)55-39-53(68(9,10)49-25-18-13-19-26-49)40-57(43-55)73-56-31-32-58-59-37-47(46-21-14-11-15-22-46)29-33-60(59)72(62(58)44-56)64-42-51(35-36-69-64)66(4,5)6;/h11-42,45H,1-10H3;/q-3;. The maximum absolute atomic E-state index is 7.09. The molecular formula is C68H63N4OPt-3. The molecule has 0 amide bonds. The molecule has 11 rings (SSSR count). The fourth-order valence-corrected chi connectivity index (χ4v) is 10.3. The number of nitrogens with zero attached hydrogens (tertiary/aromatic N) is 4. The molecule has 1 aliphatic heterocycles. The Morgan fingerprint density at radius 2 is 1.08 bits per heavy atom. The quantitative estimate of drug-likeness (QED) is 0.128. The zero-order chi connectivity index (χ0) is 50.9. The van der Waals surface area contributed by atoms with Gasteiger partial charge in [-0.3, -0.25) is 0 Å². The Kier molecular flexibility index (Phi) is 13.1. The molecule has 2 aromatic heterocycles. The van der Waals surface area contributed by atoms with Crippen molar-refractivity contribution < 1.29 is 25.8 Å². The predicted octanol–water partition coefficient (Wildman–Crippen LogP) is 17.9. The number of anilines is 4. The van der Waals surface area contributed by atoms with Crippen molar-refractivity contribution in [2.75, 3.05) is 9.80 Å². The molecule has 0 aliphatic carbocycles. The van der Waals surface area contributed by atoms with Gasteiger partial charge in [-0.1, -0.05) is 196 Å². The Bertz CT molecular complexity index is 3660. The van der Waals surface area contributed by atoms with Crippen LogP contribution in [0.5, 0.6) is 11.5 Å². The van der Waals surface area contributed by atoms with Crippen LogP contribution in [0.1, 0.15) is 103 Å². The second-order valence-electron chi connectivity index (χ2n) is 22.7. The van der Waals surface area contributed by atoms with Crippen LogP contribution < -0.4 is 14.5 Å². The largest absolute Gasteiger partial charge is 0.509 e. The zero-order valence-corrected chi connectivity index (χ0v) is 46.3. The molecule has 0 spiro atoms. The van der Waals surface area contributed by atoms with Gasteiger partial charge in [0.2, 0.25) is 0 Å². The number of pyridine rings is 1. The molecule has 8 aromatic carbocycles. The molecule has 0 saturated carbocycles. The summed E-state index contributed by atoms with van der Waals surface area (Å²) in [5.74, 6) is 2.02. The van der Waals surface area contributed by atoms with Gasteiger partial charge in [-0.05, 0) is 103 Å². The summed E-state index contributed by atoms with van der Waals surface area (Å²) < 4.78 is 9.33. The number of fused-ring (bicyclic) bond motifs is 4. The molecule has 0 N–H and O–H groups in total. The van der Waals surface area contributed by atoms with Crippen LogP contribution in [0.2, 0.25) is 0 Å². The first-order valence-electron chi connectivity index (χ1n) is 25.5. The second-order valence-corrected chi connectivity index (χ2v) is 22.7. The maximum Gasteiger partial charge on any atom is 0.135 e. The topological polar surface area (TPSA) is 33.5 Å². The molecule has 0 radical (unpaired) electrons. The third-order valence-corrected chi connectivity index (χ3v) is 15.1. The number of benzene rings is 8. The molecule has 5 nitrogen and oxygen atoms in total. The molecule has 0 unspecified atom stereocenters. The van der Waals surface area contributed by atoms with Crippen molar-refractivity contribution in [2.24, 2.45) is 0 Å². The number of hydrogen-bond acceptors (Lipinski definition) is 4. The Labute approximate surface area is 452 Å². The minimum Gasteiger partial charge on any atom is -0.509 e. The minimum atomic E-state index is -0.392. The second kappa shape index (κ2) is 19.3. The SMILES string of the molecule is CC(C)(C)c1ccnc(-n2c3[c-]c(Oc4[c-]c(N5[CH-]N(c6cccc(C(C)(C)c7ccccc7)c6)c6ccc(C(C)(C)C)cc65)cc(C(C)(C)c5ccccc5)c4)ccc3c3cc(-c4ccccc4)ccc32)c1.[Pt]. The number of rotatable bonds is 10. The van der Waals surface area contributed by atoms with Crippen molar-refractivity contribution in [1.82, 2.24) is 9.55 Å². The summed E-state index contributed by atoms with van der Waals surface area (Å²) >= 11 is 0. The van der Waals surface area contributed by atoms with Crippen molar-refractivity contribution in [1.29, 1.82) is 0 Å². The first kappa shape index (κ1) is 50.3. The summed E-state index contributed by atoms with van der Waals surface area (Å²) in [6, 6.07) is 75.2. The Balaban J connectivity index is 0.00000626. The van der Waals surface area contributed by atoms with Crippen LogP contribution in [0.15, 0.2) is 194 Å². The van der Waals surface area contributed by atoms with Gasteiger partial charge in [-0.2, -0.15) is 6.07 Å². The molecule has 0 bridgehead atoms. The monoisotopic (exact) mass is 1150 g/mol. The maximum atomic E-state index is 7.09. The van der Waals surface area contributed by atoms with E-state index in [4.69, 9.17) is 9.72 Å². The summed E-state index contributed by atoms with van der Waals surface area (Å²) in [7, 11) is 0. The zero-order valence-electron chi connectivity index (χ0n) is 44.1. The fourth-order valence-electron chi connectivity index (χ4n) is 10.3. The normalized spacial score (nSPS) is 13.1. The van der Waals surface area contributed by atoms with Crippen LogP contribution in [0, 0.1) is 18.8 Å². The van der Waals surface area contributed by atoms with Crippen molar-refractivity contribution in [3.8, 4) is 28.4 Å². The van der Waals surface area contributed by atoms with E-state index in [2.05, 4.69) is 284 Å². The van der Waals surface area contributed by atoms with E-state index in [9.17, 15) is 0 Å². The molecule has 10 aromatic rings. The van der Waals surface area contributed by atoms with Crippen LogP contribution in [0.25, 0.3) is 38.8 Å². The summed E-state index contributed by atoms with van der Waals surface area (Å²) in [5.41, 5.74) is 14.9. The van der Waals surface area contributed by atoms with Crippen LogP contribution in [0.4, 0.5) is 22.7 Å². The van der Waals surface area contributed by atoms with E-state index in [0.29, 0.717) is 11.5 Å². The van der Waals surface area contributed by atoms with Crippen molar-refractivity contribution in [3.63, 3.8) is 0 Å². The van der Waals surface area contributed by atoms with Gasteiger partial charge in [0.05, 0.1) is 0 Å². The van der Waals surface area contributed by atoms with Crippen LogP contribution in [-0.4, -0.2) is 9.55 Å². The summed E-state index contributed by atoms with van der Waals surface area (Å²) in [6.45, 7) is 25.0. The Morgan fingerprint density at radius 3 is 1.76 bits per heavy atom. The third kappa shape index (κ3) is 9.37. The smallest absolute Gasteiger partial charge is 0.135 e. The summed E-state index contributed by atoms with van der Waals surface area (Å²) in [5, 5.41) is 2.19. The van der Waals surface area contributed by atoms with E-state index in [-0.39, 0.29) is 37.3 Å². The molecule has 1 aliphatic rings. The van der Waals surface area contributed by atoms with E-state index in [1.165, 1.54) is 33.4 Å². The van der Waals surface area contributed by atoms with Gasteiger partial charge in [0, 0.05) is 66.8 Å². The first-order chi connectivity index (χ1) is 34.9.